The Hall–Kier alpha value is -3.95. The lowest BCUT2D eigenvalue weighted by molar-refractivity contribution is 0.184. The van der Waals surface area contributed by atoms with Crippen LogP contribution in [0.15, 0.2) is 42.6 Å². The molecule has 0 atom stereocenters. The summed E-state index contributed by atoms with van der Waals surface area (Å²) in [5, 5.41) is 10.3. The third kappa shape index (κ3) is 5.95. The highest BCUT2D eigenvalue weighted by molar-refractivity contribution is 5.90. The maximum atomic E-state index is 13.3. The number of amides is 3. The first kappa shape index (κ1) is 24.2. The number of rotatable bonds is 7. The van der Waals surface area contributed by atoms with E-state index in [-0.39, 0.29) is 12.1 Å². The molecule has 10 heteroatoms. The van der Waals surface area contributed by atoms with Gasteiger partial charge in [0.1, 0.15) is 11.6 Å². The highest BCUT2D eigenvalue weighted by atomic mass is 16.5. The number of aromatic nitrogens is 4. The molecule has 3 aromatic rings. The molecule has 0 unspecified atom stereocenters. The summed E-state index contributed by atoms with van der Waals surface area (Å²) in [5.41, 5.74) is 2.58. The lowest BCUT2D eigenvalue weighted by atomic mass is 10.2. The molecule has 0 spiro atoms. The summed E-state index contributed by atoms with van der Waals surface area (Å²) >= 11 is 0. The zero-order valence-electron chi connectivity index (χ0n) is 20.3. The van der Waals surface area contributed by atoms with Gasteiger partial charge >= 0.3 is 12.1 Å². The van der Waals surface area contributed by atoms with Crippen molar-refractivity contribution in [2.45, 2.75) is 52.1 Å². The van der Waals surface area contributed by atoms with E-state index in [9.17, 15) is 9.59 Å². The second kappa shape index (κ2) is 11.0. The van der Waals surface area contributed by atoms with Crippen LogP contribution in [0.4, 0.5) is 21.1 Å². The minimum absolute atomic E-state index is 0.0862. The normalized spacial score (nSPS) is 13.5. The molecule has 0 radical (unpaired) electrons. The molecule has 35 heavy (non-hydrogen) atoms. The smallest absolute Gasteiger partial charge is 0.412 e. The highest BCUT2D eigenvalue weighted by Crippen LogP contribution is 2.25. The summed E-state index contributed by atoms with van der Waals surface area (Å²) in [5.74, 6) is 1.61. The molecule has 1 aliphatic carbocycles. The second-order valence-electron chi connectivity index (χ2n) is 8.63. The SMILES string of the molecule is COC(=O)Nc1cc(-c2nc(C)n(CCN(C(=O)Nc3ccccc3C)C3CCCC3)n2)ccn1. The molecule has 1 aromatic carbocycles. The van der Waals surface area contributed by atoms with Crippen LogP contribution in [0.3, 0.4) is 0 Å². The lowest BCUT2D eigenvalue weighted by Crippen LogP contribution is -2.43. The molecule has 1 saturated carbocycles. The number of anilines is 2. The van der Waals surface area contributed by atoms with Gasteiger partial charge in [-0.05, 0) is 50.5 Å². The maximum Gasteiger partial charge on any atom is 0.412 e. The number of hydrogen-bond acceptors (Lipinski definition) is 6. The summed E-state index contributed by atoms with van der Waals surface area (Å²) < 4.78 is 6.43. The number of nitrogens with zero attached hydrogens (tertiary/aromatic N) is 5. The molecule has 2 heterocycles. The van der Waals surface area contributed by atoms with E-state index in [4.69, 9.17) is 0 Å². The fraction of sp³-hybridized carbons (Fsp3) is 0.400. The van der Waals surface area contributed by atoms with Crippen LogP contribution in [0.2, 0.25) is 0 Å². The third-order valence-electron chi connectivity index (χ3n) is 6.26. The van der Waals surface area contributed by atoms with Crippen LogP contribution in [-0.4, -0.2) is 56.5 Å². The lowest BCUT2D eigenvalue weighted by Gasteiger charge is -2.29. The van der Waals surface area contributed by atoms with E-state index in [1.165, 1.54) is 7.11 Å². The maximum absolute atomic E-state index is 13.3. The predicted molar refractivity (Wildman–Crippen MR) is 133 cm³/mol. The van der Waals surface area contributed by atoms with E-state index < -0.39 is 6.09 Å². The van der Waals surface area contributed by atoms with Gasteiger partial charge in [0.25, 0.3) is 0 Å². The second-order valence-corrected chi connectivity index (χ2v) is 8.63. The zero-order chi connectivity index (χ0) is 24.8. The van der Waals surface area contributed by atoms with Gasteiger partial charge in [-0.3, -0.25) is 5.32 Å². The van der Waals surface area contributed by atoms with Gasteiger partial charge in [0, 0.05) is 30.0 Å². The zero-order valence-corrected chi connectivity index (χ0v) is 20.3. The molecule has 0 saturated heterocycles. The number of pyridine rings is 1. The van der Waals surface area contributed by atoms with E-state index in [1.54, 1.807) is 18.3 Å². The number of urea groups is 1. The van der Waals surface area contributed by atoms with Gasteiger partial charge in [-0.1, -0.05) is 31.0 Å². The van der Waals surface area contributed by atoms with Crippen molar-refractivity contribution in [1.82, 2.24) is 24.6 Å². The van der Waals surface area contributed by atoms with Crippen LogP contribution < -0.4 is 10.6 Å². The number of carbonyl (C=O) groups excluding carboxylic acids is 2. The molecule has 3 amide bonds. The van der Waals surface area contributed by atoms with Gasteiger partial charge in [0.15, 0.2) is 5.82 Å². The molecule has 0 aliphatic heterocycles. The number of carbonyl (C=O) groups is 2. The van der Waals surface area contributed by atoms with Crippen molar-refractivity contribution in [3.63, 3.8) is 0 Å². The molecule has 1 fully saturated rings. The molecule has 0 bridgehead atoms. The van der Waals surface area contributed by atoms with Crippen molar-refractivity contribution in [3.05, 3.63) is 54.0 Å². The van der Waals surface area contributed by atoms with Crippen LogP contribution >= 0.6 is 0 Å². The number of ether oxygens (including phenoxy) is 1. The average Bonchev–Trinajstić information content (AvgIpc) is 3.51. The van der Waals surface area contributed by atoms with E-state index in [1.807, 2.05) is 47.7 Å². The highest BCUT2D eigenvalue weighted by Gasteiger charge is 2.27. The Balaban J connectivity index is 1.48. The van der Waals surface area contributed by atoms with Crippen molar-refractivity contribution in [2.75, 3.05) is 24.3 Å². The number of aryl methyl sites for hydroxylation is 2. The number of nitrogens with one attached hydrogen (secondary N) is 2. The first-order valence-electron chi connectivity index (χ1n) is 11.8. The van der Waals surface area contributed by atoms with Gasteiger partial charge < -0.3 is 15.0 Å². The van der Waals surface area contributed by atoms with Crippen LogP contribution in [0.5, 0.6) is 0 Å². The summed E-state index contributed by atoms with van der Waals surface area (Å²) in [6.07, 6.45) is 5.27. The van der Waals surface area contributed by atoms with Crippen LogP contribution in [0.1, 0.15) is 37.1 Å². The molecular weight excluding hydrogens is 446 g/mol. The monoisotopic (exact) mass is 477 g/mol. The van der Waals surface area contributed by atoms with Gasteiger partial charge in [-0.15, -0.1) is 0 Å². The van der Waals surface area contributed by atoms with Crippen molar-refractivity contribution in [2.24, 2.45) is 0 Å². The van der Waals surface area contributed by atoms with E-state index in [0.29, 0.717) is 24.7 Å². The van der Waals surface area contributed by atoms with Crippen molar-refractivity contribution in [3.8, 4) is 11.4 Å². The Morgan fingerprint density at radius 1 is 1.14 bits per heavy atom. The van der Waals surface area contributed by atoms with Crippen molar-refractivity contribution in [1.29, 1.82) is 0 Å². The minimum atomic E-state index is -0.597. The molecule has 4 rings (SSSR count). The van der Waals surface area contributed by atoms with Crippen molar-refractivity contribution < 1.29 is 14.3 Å². The molecule has 2 N–H and O–H groups in total. The standard InChI is InChI=1S/C25H31N7O3/c1-17-8-4-7-11-21(17)28-24(33)31(20-9-5-6-10-20)14-15-32-18(2)27-23(30-32)19-12-13-26-22(16-19)29-25(34)35-3/h4,7-8,11-13,16,20H,5-6,9-10,14-15H2,1-3H3,(H,28,33)(H,26,29,34). The average molecular weight is 478 g/mol. The predicted octanol–water partition coefficient (Wildman–Crippen LogP) is 4.61. The van der Waals surface area contributed by atoms with Gasteiger partial charge in [0.2, 0.25) is 0 Å². The summed E-state index contributed by atoms with van der Waals surface area (Å²) in [7, 11) is 1.29. The topological polar surface area (TPSA) is 114 Å². The van der Waals surface area contributed by atoms with E-state index >= 15 is 0 Å². The Kier molecular flexibility index (Phi) is 7.59. The Morgan fingerprint density at radius 3 is 2.66 bits per heavy atom. The number of para-hydroxylation sites is 1. The fourth-order valence-corrected chi connectivity index (χ4v) is 4.32. The number of methoxy groups -OCH3 is 1. The Morgan fingerprint density at radius 2 is 1.91 bits per heavy atom. The molecule has 184 valence electrons. The molecule has 10 nitrogen and oxygen atoms in total. The summed E-state index contributed by atoms with van der Waals surface area (Å²) in [4.78, 5) is 35.4. The minimum Gasteiger partial charge on any atom is -0.453 e. The Labute approximate surface area is 204 Å². The third-order valence-corrected chi connectivity index (χ3v) is 6.26. The fourth-order valence-electron chi connectivity index (χ4n) is 4.32. The van der Waals surface area contributed by atoms with E-state index in [0.717, 1.165) is 48.3 Å². The first-order chi connectivity index (χ1) is 16.9. The van der Waals surface area contributed by atoms with E-state index in [2.05, 4.69) is 30.4 Å². The van der Waals surface area contributed by atoms with Gasteiger partial charge in [0.05, 0.1) is 13.7 Å². The first-order valence-corrected chi connectivity index (χ1v) is 11.8. The van der Waals surface area contributed by atoms with Crippen LogP contribution in [0.25, 0.3) is 11.4 Å². The van der Waals surface area contributed by atoms with Crippen LogP contribution in [-0.2, 0) is 11.3 Å². The Bertz CT molecular complexity index is 1190. The number of hydrogen-bond donors (Lipinski definition) is 2. The molecule has 1 aliphatic rings. The summed E-state index contributed by atoms with van der Waals surface area (Å²) in [6, 6.07) is 11.4. The quantitative estimate of drug-likeness (QED) is 0.514. The summed E-state index contributed by atoms with van der Waals surface area (Å²) in [6.45, 7) is 4.92. The molecule has 2 aromatic heterocycles. The van der Waals surface area contributed by atoms with Gasteiger partial charge in [-0.25, -0.2) is 24.2 Å². The van der Waals surface area contributed by atoms with Crippen LogP contribution in [0, 0.1) is 13.8 Å². The largest absolute Gasteiger partial charge is 0.453 e. The number of benzene rings is 1. The van der Waals surface area contributed by atoms with Crippen molar-refractivity contribution >= 4 is 23.6 Å². The van der Waals surface area contributed by atoms with Gasteiger partial charge in [-0.2, -0.15) is 5.10 Å². The molecular formula is C25H31N7O3.